The number of hydrogen-bond acceptors (Lipinski definition) is 3. The smallest absolute Gasteiger partial charge is 0.222 e. The van der Waals surface area contributed by atoms with Crippen LogP contribution >= 0.6 is 0 Å². The normalized spacial score (nSPS) is 11.4. The van der Waals surface area contributed by atoms with Gasteiger partial charge in [-0.25, -0.2) is 0 Å². The molecule has 0 bridgehead atoms. The summed E-state index contributed by atoms with van der Waals surface area (Å²) in [5.74, 6) is 0.402. The number of aliphatic hydroxyl groups is 1. The van der Waals surface area contributed by atoms with Gasteiger partial charge in [0, 0.05) is 26.1 Å². The van der Waals surface area contributed by atoms with E-state index in [-0.39, 0.29) is 0 Å². The van der Waals surface area contributed by atoms with Gasteiger partial charge in [0.15, 0.2) is 0 Å². The fourth-order valence-corrected chi connectivity index (χ4v) is 5.47. The number of aliphatic hydroxyl groups excluding tert-OH is 1. The molecule has 0 atom stereocenters. The fourth-order valence-electron chi connectivity index (χ4n) is 5.47. The lowest BCUT2D eigenvalue weighted by molar-refractivity contribution is -0.131. The van der Waals surface area contributed by atoms with Crippen LogP contribution in [0, 0.1) is 0 Å². The number of hydrogen-bond donors (Lipinski definition) is 2. The maximum Gasteiger partial charge on any atom is 0.222 e. The van der Waals surface area contributed by atoms with Crippen LogP contribution in [-0.2, 0) is 4.79 Å². The van der Waals surface area contributed by atoms with Crippen LogP contribution in [0.5, 0.6) is 0 Å². The first kappa shape index (κ1) is 38.4. The van der Waals surface area contributed by atoms with Gasteiger partial charge >= 0.3 is 0 Å². The average molecular weight is 553 g/mol. The third-order valence-corrected chi connectivity index (χ3v) is 8.17. The van der Waals surface area contributed by atoms with Crippen molar-refractivity contribution in [2.24, 2.45) is 0 Å². The van der Waals surface area contributed by atoms with E-state index in [0.29, 0.717) is 12.5 Å². The highest BCUT2D eigenvalue weighted by molar-refractivity contribution is 5.76. The van der Waals surface area contributed by atoms with Crippen molar-refractivity contribution in [1.82, 2.24) is 10.2 Å². The van der Waals surface area contributed by atoms with Crippen LogP contribution < -0.4 is 5.32 Å². The van der Waals surface area contributed by atoms with E-state index in [1.54, 1.807) is 0 Å². The molecule has 0 heterocycles. The maximum atomic E-state index is 13.1. The number of rotatable bonds is 33. The molecule has 0 rings (SSSR count). The van der Waals surface area contributed by atoms with E-state index in [1.807, 2.05) is 0 Å². The molecule has 0 aliphatic carbocycles. The van der Waals surface area contributed by atoms with E-state index in [9.17, 15) is 4.79 Å². The molecule has 4 heteroatoms. The quantitative estimate of drug-likeness (QED) is 0.0796. The Labute approximate surface area is 245 Å². The number of unbranched alkanes of at least 4 members (excludes halogenated alkanes) is 22. The van der Waals surface area contributed by atoms with Crippen molar-refractivity contribution < 1.29 is 9.90 Å². The lowest BCUT2D eigenvalue weighted by atomic mass is 10.1. The van der Waals surface area contributed by atoms with Crippen molar-refractivity contribution in [3.05, 3.63) is 0 Å². The Hall–Kier alpha value is -0.610. The van der Waals surface area contributed by atoms with Gasteiger partial charge in [-0.1, -0.05) is 136 Å². The van der Waals surface area contributed by atoms with Crippen molar-refractivity contribution in [2.75, 3.05) is 32.8 Å². The number of carbonyl (C=O) groups is 1. The molecule has 0 aliphatic heterocycles. The van der Waals surface area contributed by atoms with Gasteiger partial charge in [-0.2, -0.15) is 0 Å². The average Bonchev–Trinajstić information content (AvgIpc) is 2.94. The summed E-state index contributed by atoms with van der Waals surface area (Å²) in [6, 6.07) is 0. The Morgan fingerprint density at radius 2 is 0.846 bits per heavy atom. The zero-order chi connectivity index (χ0) is 28.5. The lowest BCUT2D eigenvalue weighted by Crippen LogP contribution is -2.32. The molecule has 0 fully saturated rings. The molecule has 0 aliphatic rings. The Morgan fingerprint density at radius 3 is 1.26 bits per heavy atom. The first-order valence-corrected chi connectivity index (χ1v) is 17.9. The van der Waals surface area contributed by atoms with Crippen molar-refractivity contribution >= 4 is 5.91 Å². The first-order valence-electron chi connectivity index (χ1n) is 17.9. The Balaban J connectivity index is 4.06. The minimum Gasteiger partial charge on any atom is -0.396 e. The summed E-state index contributed by atoms with van der Waals surface area (Å²) in [4.78, 5) is 15.3. The van der Waals surface area contributed by atoms with Gasteiger partial charge in [0.2, 0.25) is 5.91 Å². The summed E-state index contributed by atoms with van der Waals surface area (Å²) < 4.78 is 0. The highest BCUT2D eigenvalue weighted by Gasteiger charge is 2.12. The van der Waals surface area contributed by atoms with E-state index < -0.39 is 0 Å². The molecule has 1 amide bonds. The molecule has 0 aromatic rings. The van der Waals surface area contributed by atoms with Crippen molar-refractivity contribution in [3.63, 3.8) is 0 Å². The summed E-state index contributed by atoms with van der Waals surface area (Å²) in [6.45, 7) is 8.92. The lowest BCUT2D eigenvalue weighted by Gasteiger charge is -2.23. The van der Waals surface area contributed by atoms with Crippen LogP contribution in [0.4, 0.5) is 0 Å². The Kier molecular flexibility index (Phi) is 33.1. The predicted octanol–water partition coefficient (Wildman–Crippen LogP) is 9.97. The van der Waals surface area contributed by atoms with Crippen LogP contribution in [0.1, 0.15) is 187 Å². The molecule has 0 saturated carbocycles. The zero-order valence-corrected chi connectivity index (χ0v) is 26.9. The minimum atomic E-state index is 0.309. The molecule has 4 nitrogen and oxygen atoms in total. The monoisotopic (exact) mass is 553 g/mol. The van der Waals surface area contributed by atoms with Gasteiger partial charge < -0.3 is 15.3 Å². The molecule has 0 spiro atoms. The molecule has 0 aromatic carbocycles. The predicted molar refractivity (Wildman–Crippen MR) is 173 cm³/mol. The molecular formula is C35H72N2O2. The van der Waals surface area contributed by atoms with Crippen LogP contribution in [0.25, 0.3) is 0 Å². The first-order chi connectivity index (χ1) is 19.3. The van der Waals surface area contributed by atoms with Gasteiger partial charge in [-0.05, 0) is 58.0 Å². The molecule has 2 N–H and O–H groups in total. The summed E-state index contributed by atoms with van der Waals surface area (Å²) in [7, 11) is 0. The SMILES string of the molecule is CCCCCCCCCCCCN(CCCCCCCCCCCC)C(=O)CCCCCNCCCCCO. The molecule has 0 aromatic heterocycles. The van der Waals surface area contributed by atoms with Gasteiger partial charge in [0.25, 0.3) is 0 Å². The zero-order valence-electron chi connectivity index (χ0n) is 26.9. The van der Waals surface area contributed by atoms with Crippen LogP contribution in [0.15, 0.2) is 0 Å². The standard InChI is InChI=1S/C35H72N2O2/c1-3-5-7-9-11-13-15-17-19-26-32-37(33-27-20-18-16-14-12-10-8-6-4-2)35(39)29-23-21-24-30-36-31-25-22-28-34-38/h36,38H,3-34H2,1-2H3. The number of carbonyl (C=O) groups excluding carboxylic acids is 1. The highest BCUT2D eigenvalue weighted by atomic mass is 16.2. The third kappa shape index (κ3) is 30.2. The number of nitrogens with one attached hydrogen (secondary N) is 1. The van der Waals surface area contributed by atoms with Gasteiger partial charge in [-0.3, -0.25) is 4.79 Å². The maximum absolute atomic E-state index is 13.1. The number of amides is 1. The van der Waals surface area contributed by atoms with Gasteiger partial charge in [0.1, 0.15) is 0 Å². The summed E-state index contributed by atoms with van der Waals surface area (Å²) >= 11 is 0. The van der Waals surface area contributed by atoms with Crippen molar-refractivity contribution in [3.8, 4) is 0 Å². The largest absolute Gasteiger partial charge is 0.396 e. The van der Waals surface area contributed by atoms with E-state index in [4.69, 9.17) is 5.11 Å². The van der Waals surface area contributed by atoms with Crippen molar-refractivity contribution in [1.29, 1.82) is 0 Å². The minimum absolute atomic E-state index is 0.309. The Morgan fingerprint density at radius 1 is 0.487 bits per heavy atom. The van der Waals surface area contributed by atoms with E-state index in [0.717, 1.165) is 71.1 Å². The van der Waals surface area contributed by atoms with Crippen LogP contribution in [0.2, 0.25) is 0 Å². The molecule has 39 heavy (non-hydrogen) atoms. The second kappa shape index (κ2) is 33.6. The van der Waals surface area contributed by atoms with Gasteiger partial charge in [-0.15, -0.1) is 0 Å². The third-order valence-electron chi connectivity index (χ3n) is 8.17. The Bertz CT molecular complexity index is 448. The number of nitrogens with zero attached hydrogens (tertiary/aromatic N) is 1. The van der Waals surface area contributed by atoms with Crippen LogP contribution in [-0.4, -0.2) is 48.7 Å². The molecule has 0 unspecified atom stereocenters. The summed E-state index contributed by atoms with van der Waals surface area (Å²) in [6.07, 6.45) is 34.2. The van der Waals surface area contributed by atoms with Crippen LogP contribution in [0.3, 0.4) is 0 Å². The second-order valence-corrected chi connectivity index (χ2v) is 12.1. The highest BCUT2D eigenvalue weighted by Crippen LogP contribution is 2.14. The van der Waals surface area contributed by atoms with E-state index in [1.165, 1.54) is 128 Å². The van der Waals surface area contributed by atoms with Crippen molar-refractivity contribution in [2.45, 2.75) is 187 Å². The second-order valence-electron chi connectivity index (χ2n) is 12.1. The molecule has 234 valence electrons. The fraction of sp³-hybridized carbons (Fsp3) is 0.971. The summed E-state index contributed by atoms with van der Waals surface area (Å²) in [5.41, 5.74) is 0. The van der Waals surface area contributed by atoms with Gasteiger partial charge in [0.05, 0.1) is 0 Å². The van der Waals surface area contributed by atoms with E-state index >= 15 is 0 Å². The molecule has 0 saturated heterocycles. The molecule has 0 radical (unpaired) electrons. The topological polar surface area (TPSA) is 52.6 Å². The molecular weight excluding hydrogens is 480 g/mol. The van der Waals surface area contributed by atoms with E-state index in [2.05, 4.69) is 24.1 Å². The summed E-state index contributed by atoms with van der Waals surface area (Å²) in [5, 5.41) is 12.3.